The largest absolute Gasteiger partial charge is 0.496 e. The van der Waals surface area contributed by atoms with Crippen molar-refractivity contribution in [3.8, 4) is 5.75 Å². The van der Waals surface area contributed by atoms with E-state index < -0.39 is 0 Å². The Labute approximate surface area is 165 Å². The van der Waals surface area contributed by atoms with Crippen LogP contribution in [0.3, 0.4) is 0 Å². The van der Waals surface area contributed by atoms with E-state index in [1.54, 1.807) is 7.11 Å². The minimum Gasteiger partial charge on any atom is -0.496 e. The Balaban J connectivity index is 1.66. The number of benzene rings is 1. The van der Waals surface area contributed by atoms with Gasteiger partial charge in [-0.1, -0.05) is 18.2 Å². The smallest absolute Gasteiger partial charge is 0.191 e. The van der Waals surface area contributed by atoms with Crippen LogP contribution in [0.4, 0.5) is 0 Å². The minimum atomic E-state index is 0.841. The summed E-state index contributed by atoms with van der Waals surface area (Å²) in [7, 11) is 3.93. The molecule has 1 heterocycles. The quantitative estimate of drug-likeness (QED) is 0.371. The highest BCUT2D eigenvalue weighted by molar-refractivity contribution is 5.79. The van der Waals surface area contributed by atoms with E-state index in [4.69, 9.17) is 9.73 Å². The van der Waals surface area contributed by atoms with Crippen molar-refractivity contribution in [1.29, 1.82) is 0 Å². The van der Waals surface area contributed by atoms with Crippen molar-refractivity contribution >= 4 is 5.96 Å². The molecule has 0 radical (unpaired) electrons. The summed E-state index contributed by atoms with van der Waals surface area (Å²) < 4.78 is 5.42. The third-order valence-corrected chi connectivity index (χ3v) is 4.97. The average molecular weight is 376 g/mol. The molecule has 1 aromatic rings. The zero-order valence-electron chi connectivity index (χ0n) is 17.3. The number of aliphatic imine (C=N–C) groups is 1. The van der Waals surface area contributed by atoms with E-state index in [-0.39, 0.29) is 0 Å². The van der Waals surface area contributed by atoms with Gasteiger partial charge in [-0.15, -0.1) is 0 Å². The fourth-order valence-corrected chi connectivity index (χ4v) is 3.28. The zero-order chi connectivity index (χ0) is 19.3. The number of hydrogen-bond acceptors (Lipinski definition) is 4. The van der Waals surface area contributed by atoms with Gasteiger partial charge in [0, 0.05) is 45.8 Å². The number of para-hydroxylation sites is 1. The van der Waals surface area contributed by atoms with Gasteiger partial charge in [-0.2, -0.15) is 0 Å². The Morgan fingerprint density at radius 1 is 1.11 bits per heavy atom. The molecule has 0 aliphatic carbocycles. The second kappa shape index (κ2) is 12.6. The SMILES string of the molecule is CCNC(=NCCCCN1CCN(C)CC1)NCCc1ccccc1OC. The first kappa shape index (κ1) is 21.5. The maximum atomic E-state index is 5.42. The van der Waals surface area contributed by atoms with Crippen molar-refractivity contribution < 1.29 is 4.74 Å². The molecule has 0 bridgehead atoms. The molecule has 0 unspecified atom stereocenters. The van der Waals surface area contributed by atoms with Crippen molar-refractivity contribution in [2.75, 3.05) is 66.5 Å². The van der Waals surface area contributed by atoms with Crippen LogP contribution in [0.25, 0.3) is 0 Å². The van der Waals surface area contributed by atoms with Crippen LogP contribution in [-0.2, 0) is 6.42 Å². The maximum absolute atomic E-state index is 5.42. The molecule has 6 heteroatoms. The van der Waals surface area contributed by atoms with Crippen molar-refractivity contribution in [2.45, 2.75) is 26.2 Å². The number of piperazine rings is 1. The van der Waals surface area contributed by atoms with Gasteiger partial charge in [0.1, 0.15) is 5.75 Å². The molecule has 0 saturated carbocycles. The predicted octanol–water partition coefficient (Wildman–Crippen LogP) is 1.82. The lowest BCUT2D eigenvalue weighted by molar-refractivity contribution is 0.152. The molecule has 152 valence electrons. The summed E-state index contributed by atoms with van der Waals surface area (Å²) in [6, 6.07) is 8.18. The van der Waals surface area contributed by atoms with E-state index in [1.807, 2.05) is 12.1 Å². The number of likely N-dealkylation sites (N-methyl/N-ethyl adjacent to an activating group) is 1. The molecule has 0 aromatic heterocycles. The second-order valence-electron chi connectivity index (χ2n) is 7.10. The van der Waals surface area contributed by atoms with Crippen LogP contribution in [0.5, 0.6) is 5.75 Å². The van der Waals surface area contributed by atoms with Crippen molar-refractivity contribution in [3.05, 3.63) is 29.8 Å². The van der Waals surface area contributed by atoms with Crippen LogP contribution >= 0.6 is 0 Å². The maximum Gasteiger partial charge on any atom is 0.191 e. The molecular weight excluding hydrogens is 338 g/mol. The van der Waals surface area contributed by atoms with E-state index in [1.165, 1.54) is 44.7 Å². The summed E-state index contributed by atoms with van der Waals surface area (Å²) >= 11 is 0. The first-order chi connectivity index (χ1) is 13.2. The summed E-state index contributed by atoms with van der Waals surface area (Å²) in [5.74, 6) is 1.86. The van der Waals surface area contributed by atoms with E-state index in [2.05, 4.69) is 46.5 Å². The van der Waals surface area contributed by atoms with Gasteiger partial charge < -0.3 is 25.2 Å². The van der Waals surface area contributed by atoms with Gasteiger partial charge in [-0.05, 0) is 51.4 Å². The topological polar surface area (TPSA) is 52.1 Å². The lowest BCUT2D eigenvalue weighted by atomic mass is 10.1. The van der Waals surface area contributed by atoms with Crippen LogP contribution in [-0.4, -0.2) is 82.3 Å². The van der Waals surface area contributed by atoms with Crippen LogP contribution in [0.1, 0.15) is 25.3 Å². The molecule has 0 spiro atoms. The highest BCUT2D eigenvalue weighted by Crippen LogP contribution is 2.17. The number of rotatable bonds is 10. The molecule has 2 N–H and O–H groups in total. The molecule has 1 aliphatic heterocycles. The average Bonchev–Trinajstić information content (AvgIpc) is 2.69. The number of unbranched alkanes of at least 4 members (excludes halogenated alkanes) is 1. The first-order valence-electron chi connectivity index (χ1n) is 10.3. The molecule has 27 heavy (non-hydrogen) atoms. The molecule has 1 aromatic carbocycles. The Hall–Kier alpha value is -1.79. The van der Waals surface area contributed by atoms with Crippen molar-refractivity contribution in [3.63, 3.8) is 0 Å². The Morgan fingerprint density at radius 2 is 1.89 bits per heavy atom. The van der Waals surface area contributed by atoms with Gasteiger partial charge in [0.05, 0.1) is 7.11 Å². The third-order valence-electron chi connectivity index (χ3n) is 4.97. The number of methoxy groups -OCH3 is 1. The number of nitrogens with zero attached hydrogens (tertiary/aromatic N) is 3. The van der Waals surface area contributed by atoms with E-state index in [0.717, 1.165) is 44.2 Å². The minimum absolute atomic E-state index is 0.841. The van der Waals surface area contributed by atoms with Crippen LogP contribution < -0.4 is 15.4 Å². The van der Waals surface area contributed by atoms with Gasteiger partial charge in [-0.25, -0.2) is 0 Å². The number of hydrogen-bond donors (Lipinski definition) is 2. The van der Waals surface area contributed by atoms with E-state index >= 15 is 0 Å². The van der Waals surface area contributed by atoms with Gasteiger partial charge >= 0.3 is 0 Å². The number of guanidine groups is 1. The zero-order valence-corrected chi connectivity index (χ0v) is 17.3. The van der Waals surface area contributed by atoms with Crippen molar-refractivity contribution in [1.82, 2.24) is 20.4 Å². The van der Waals surface area contributed by atoms with Gasteiger partial charge in [0.2, 0.25) is 0 Å². The second-order valence-corrected chi connectivity index (χ2v) is 7.10. The summed E-state index contributed by atoms with van der Waals surface area (Å²) in [5.41, 5.74) is 1.22. The Bertz CT molecular complexity index is 555. The lowest BCUT2D eigenvalue weighted by Gasteiger charge is -2.32. The molecule has 1 fully saturated rings. The molecular formula is C21H37N5O. The number of ether oxygens (including phenoxy) is 1. The van der Waals surface area contributed by atoms with Gasteiger partial charge in [-0.3, -0.25) is 4.99 Å². The highest BCUT2D eigenvalue weighted by Gasteiger charge is 2.12. The standard InChI is InChI=1S/C21H37N5O/c1-4-22-21(24-13-11-19-9-5-6-10-20(19)27-3)23-12-7-8-14-26-17-15-25(2)16-18-26/h5-6,9-10H,4,7-8,11-18H2,1-3H3,(H2,22,23,24). The van der Waals surface area contributed by atoms with Crippen LogP contribution in [0, 0.1) is 0 Å². The Morgan fingerprint density at radius 3 is 2.63 bits per heavy atom. The monoisotopic (exact) mass is 375 g/mol. The molecule has 0 amide bonds. The van der Waals surface area contributed by atoms with E-state index in [0.29, 0.717) is 0 Å². The summed E-state index contributed by atoms with van der Waals surface area (Å²) in [4.78, 5) is 9.69. The summed E-state index contributed by atoms with van der Waals surface area (Å²) in [5, 5.41) is 6.77. The number of nitrogens with one attached hydrogen (secondary N) is 2. The van der Waals surface area contributed by atoms with Gasteiger partial charge in [0.15, 0.2) is 5.96 Å². The molecule has 1 saturated heterocycles. The fraction of sp³-hybridized carbons (Fsp3) is 0.667. The highest BCUT2D eigenvalue weighted by atomic mass is 16.5. The molecule has 6 nitrogen and oxygen atoms in total. The van der Waals surface area contributed by atoms with Crippen LogP contribution in [0.2, 0.25) is 0 Å². The molecule has 0 atom stereocenters. The summed E-state index contributed by atoms with van der Waals surface area (Å²) in [6.45, 7) is 10.7. The first-order valence-corrected chi connectivity index (χ1v) is 10.3. The van der Waals surface area contributed by atoms with E-state index in [9.17, 15) is 0 Å². The van der Waals surface area contributed by atoms with Crippen LogP contribution in [0.15, 0.2) is 29.3 Å². The van der Waals surface area contributed by atoms with Gasteiger partial charge in [0.25, 0.3) is 0 Å². The Kier molecular flexibility index (Phi) is 10.0. The summed E-state index contributed by atoms with van der Waals surface area (Å²) in [6.07, 6.45) is 3.26. The van der Waals surface area contributed by atoms with Crippen molar-refractivity contribution in [2.24, 2.45) is 4.99 Å². The molecule has 2 rings (SSSR count). The normalized spacial score (nSPS) is 16.3. The molecule has 1 aliphatic rings. The lowest BCUT2D eigenvalue weighted by Crippen LogP contribution is -2.44. The third kappa shape index (κ3) is 8.18. The fourth-order valence-electron chi connectivity index (χ4n) is 3.28. The predicted molar refractivity (Wildman–Crippen MR) is 114 cm³/mol.